The Labute approximate surface area is 101 Å². The van der Waals surface area contributed by atoms with Crippen molar-refractivity contribution in [3.8, 4) is 0 Å². The van der Waals surface area contributed by atoms with Crippen LogP contribution >= 0.6 is 0 Å². The van der Waals surface area contributed by atoms with E-state index in [1.54, 1.807) is 0 Å². The predicted molar refractivity (Wildman–Crippen MR) is 69.8 cm³/mol. The average molecular weight is 224 g/mol. The van der Waals surface area contributed by atoms with Gasteiger partial charge in [-0.1, -0.05) is 20.3 Å². The van der Waals surface area contributed by atoms with Gasteiger partial charge in [0.05, 0.1) is 0 Å². The van der Waals surface area contributed by atoms with Gasteiger partial charge in [0.1, 0.15) is 0 Å². The SMILES string of the molecule is CCCCN(CC1(CC)CCCN1)C1CC1. The number of unbranched alkanes of at least 4 members (excludes halogenated alkanes) is 1. The minimum Gasteiger partial charge on any atom is -0.310 e. The van der Waals surface area contributed by atoms with Gasteiger partial charge in [-0.25, -0.2) is 0 Å². The zero-order valence-corrected chi connectivity index (χ0v) is 11.1. The standard InChI is InChI=1S/C14H28N2/c1-3-5-11-16(13-7-8-13)12-14(4-2)9-6-10-15-14/h13,15H,3-12H2,1-2H3. The first-order chi connectivity index (χ1) is 7.79. The molecule has 1 unspecified atom stereocenters. The highest BCUT2D eigenvalue weighted by molar-refractivity contribution is 4.97. The van der Waals surface area contributed by atoms with Crippen molar-refractivity contribution in [1.29, 1.82) is 0 Å². The van der Waals surface area contributed by atoms with Crippen molar-refractivity contribution in [3.05, 3.63) is 0 Å². The zero-order valence-electron chi connectivity index (χ0n) is 11.1. The van der Waals surface area contributed by atoms with Crippen molar-refractivity contribution < 1.29 is 0 Å². The molecule has 1 heterocycles. The Morgan fingerprint density at radius 1 is 1.31 bits per heavy atom. The van der Waals surface area contributed by atoms with E-state index in [9.17, 15) is 0 Å². The van der Waals surface area contributed by atoms with Crippen LogP contribution in [-0.2, 0) is 0 Å². The number of nitrogens with zero attached hydrogens (tertiary/aromatic N) is 1. The summed E-state index contributed by atoms with van der Waals surface area (Å²) >= 11 is 0. The predicted octanol–water partition coefficient (Wildman–Crippen LogP) is 2.78. The highest BCUT2D eigenvalue weighted by Crippen LogP contribution is 2.31. The topological polar surface area (TPSA) is 15.3 Å². The largest absolute Gasteiger partial charge is 0.310 e. The van der Waals surface area contributed by atoms with E-state index in [4.69, 9.17) is 0 Å². The molecule has 0 aromatic heterocycles. The minimum atomic E-state index is 0.455. The molecule has 1 N–H and O–H groups in total. The highest BCUT2D eigenvalue weighted by atomic mass is 15.2. The first-order valence-electron chi connectivity index (χ1n) is 7.29. The van der Waals surface area contributed by atoms with E-state index in [0.717, 1.165) is 6.04 Å². The zero-order chi connectivity index (χ0) is 11.4. The molecule has 2 aliphatic rings. The van der Waals surface area contributed by atoms with Crippen molar-refractivity contribution in [1.82, 2.24) is 10.2 Å². The molecule has 0 bridgehead atoms. The molecular weight excluding hydrogens is 196 g/mol. The summed E-state index contributed by atoms with van der Waals surface area (Å²) in [5.74, 6) is 0. The third kappa shape index (κ3) is 2.98. The Hall–Kier alpha value is -0.0800. The monoisotopic (exact) mass is 224 g/mol. The van der Waals surface area contributed by atoms with Crippen molar-refractivity contribution in [2.24, 2.45) is 0 Å². The second-order valence-electron chi connectivity index (χ2n) is 5.72. The lowest BCUT2D eigenvalue weighted by Gasteiger charge is -2.35. The summed E-state index contributed by atoms with van der Waals surface area (Å²) in [6, 6.07) is 0.928. The fourth-order valence-electron chi connectivity index (χ4n) is 3.00. The molecule has 2 nitrogen and oxygen atoms in total. The van der Waals surface area contributed by atoms with Gasteiger partial charge in [-0.15, -0.1) is 0 Å². The van der Waals surface area contributed by atoms with Crippen LogP contribution in [0, 0.1) is 0 Å². The maximum Gasteiger partial charge on any atom is 0.0306 e. The van der Waals surface area contributed by atoms with Crippen molar-refractivity contribution >= 4 is 0 Å². The molecule has 94 valence electrons. The summed E-state index contributed by atoms with van der Waals surface area (Å²) in [6.07, 6.45) is 9.65. The highest BCUT2D eigenvalue weighted by Gasteiger charge is 2.37. The first kappa shape index (κ1) is 12.4. The van der Waals surface area contributed by atoms with Crippen LogP contribution in [0.15, 0.2) is 0 Å². The molecule has 1 saturated heterocycles. The van der Waals surface area contributed by atoms with Gasteiger partial charge in [-0.3, -0.25) is 4.90 Å². The number of nitrogens with one attached hydrogen (secondary N) is 1. The lowest BCUT2D eigenvalue weighted by molar-refractivity contribution is 0.178. The van der Waals surface area contributed by atoms with E-state index in [-0.39, 0.29) is 0 Å². The number of hydrogen-bond donors (Lipinski definition) is 1. The van der Waals surface area contributed by atoms with Crippen LogP contribution in [0.4, 0.5) is 0 Å². The van der Waals surface area contributed by atoms with Gasteiger partial charge in [-0.2, -0.15) is 0 Å². The lowest BCUT2D eigenvalue weighted by Crippen LogP contribution is -2.50. The van der Waals surface area contributed by atoms with Gasteiger partial charge in [-0.05, 0) is 51.6 Å². The molecule has 1 aliphatic heterocycles. The Bertz CT molecular complexity index is 205. The van der Waals surface area contributed by atoms with Crippen LogP contribution in [0.1, 0.15) is 58.8 Å². The molecule has 0 aromatic rings. The van der Waals surface area contributed by atoms with Crippen LogP contribution < -0.4 is 5.32 Å². The summed E-state index contributed by atoms with van der Waals surface area (Å²) in [6.45, 7) is 8.51. The summed E-state index contributed by atoms with van der Waals surface area (Å²) in [4.78, 5) is 2.77. The molecule has 1 atom stereocenters. The van der Waals surface area contributed by atoms with Crippen molar-refractivity contribution in [2.75, 3.05) is 19.6 Å². The molecule has 0 spiro atoms. The normalized spacial score (nSPS) is 30.2. The first-order valence-corrected chi connectivity index (χ1v) is 7.29. The van der Waals surface area contributed by atoms with Gasteiger partial charge < -0.3 is 5.32 Å². The number of rotatable bonds is 7. The summed E-state index contributed by atoms with van der Waals surface area (Å²) in [5, 5.41) is 3.77. The fourth-order valence-corrected chi connectivity index (χ4v) is 3.00. The fraction of sp³-hybridized carbons (Fsp3) is 1.00. The second kappa shape index (κ2) is 5.50. The van der Waals surface area contributed by atoms with Crippen LogP contribution in [0.5, 0.6) is 0 Å². The Kier molecular flexibility index (Phi) is 4.26. The van der Waals surface area contributed by atoms with E-state index in [0.29, 0.717) is 5.54 Å². The van der Waals surface area contributed by atoms with E-state index in [1.807, 2.05) is 0 Å². The van der Waals surface area contributed by atoms with Crippen LogP contribution in [-0.4, -0.2) is 36.1 Å². The molecule has 16 heavy (non-hydrogen) atoms. The molecule has 1 saturated carbocycles. The molecule has 0 amide bonds. The third-order valence-electron chi connectivity index (χ3n) is 4.38. The molecule has 1 aliphatic carbocycles. The van der Waals surface area contributed by atoms with Crippen LogP contribution in [0.3, 0.4) is 0 Å². The molecule has 2 heteroatoms. The maximum atomic E-state index is 3.77. The van der Waals surface area contributed by atoms with E-state index >= 15 is 0 Å². The van der Waals surface area contributed by atoms with E-state index in [1.165, 1.54) is 64.6 Å². The molecular formula is C14H28N2. The van der Waals surface area contributed by atoms with Crippen LogP contribution in [0.2, 0.25) is 0 Å². The average Bonchev–Trinajstić information content (AvgIpc) is 3.05. The lowest BCUT2D eigenvalue weighted by atomic mass is 9.93. The van der Waals surface area contributed by atoms with Crippen LogP contribution in [0.25, 0.3) is 0 Å². The summed E-state index contributed by atoms with van der Waals surface area (Å²) in [5.41, 5.74) is 0.455. The van der Waals surface area contributed by atoms with Gasteiger partial charge >= 0.3 is 0 Å². The molecule has 0 aromatic carbocycles. The summed E-state index contributed by atoms with van der Waals surface area (Å²) < 4.78 is 0. The Morgan fingerprint density at radius 2 is 2.12 bits per heavy atom. The van der Waals surface area contributed by atoms with Gasteiger partial charge in [0.15, 0.2) is 0 Å². The van der Waals surface area contributed by atoms with Gasteiger partial charge in [0.2, 0.25) is 0 Å². The quantitative estimate of drug-likeness (QED) is 0.715. The van der Waals surface area contributed by atoms with E-state index in [2.05, 4.69) is 24.1 Å². The van der Waals surface area contributed by atoms with Crippen molar-refractivity contribution in [3.63, 3.8) is 0 Å². The molecule has 2 fully saturated rings. The van der Waals surface area contributed by atoms with Crippen molar-refractivity contribution in [2.45, 2.75) is 70.4 Å². The smallest absolute Gasteiger partial charge is 0.0306 e. The minimum absolute atomic E-state index is 0.455. The second-order valence-corrected chi connectivity index (χ2v) is 5.72. The number of hydrogen-bond acceptors (Lipinski definition) is 2. The third-order valence-corrected chi connectivity index (χ3v) is 4.38. The Balaban J connectivity index is 1.87. The van der Waals surface area contributed by atoms with Gasteiger partial charge in [0, 0.05) is 18.1 Å². The molecule has 2 rings (SSSR count). The summed E-state index contributed by atoms with van der Waals surface area (Å²) in [7, 11) is 0. The maximum absolute atomic E-state index is 3.77. The Morgan fingerprint density at radius 3 is 2.62 bits per heavy atom. The van der Waals surface area contributed by atoms with E-state index < -0.39 is 0 Å². The molecule has 0 radical (unpaired) electrons. The van der Waals surface area contributed by atoms with Gasteiger partial charge in [0.25, 0.3) is 0 Å².